The summed E-state index contributed by atoms with van der Waals surface area (Å²) < 4.78 is 5.13. The molecular weight excluding hydrogens is 360 g/mol. The van der Waals surface area contributed by atoms with Gasteiger partial charge >= 0.3 is 5.97 Å². The third-order valence-corrected chi connectivity index (χ3v) is 6.44. The molecule has 4 fully saturated rings. The van der Waals surface area contributed by atoms with Crippen LogP contribution in [0.2, 0.25) is 0 Å². The van der Waals surface area contributed by atoms with Crippen LogP contribution in [0.4, 0.5) is 11.9 Å². The molecule has 4 aliphatic carbocycles. The van der Waals surface area contributed by atoms with Gasteiger partial charge < -0.3 is 21.5 Å². The Bertz CT molecular complexity index is 713. The summed E-state index contributed by atoms with van der Waals surface area (Å²) in [6.45, 7) is 0.386. The average molecular weight is 388 g/mol. The number of ether oxygens (including phenoxy) is 1. The van der Waals surface area contributed by atoms with E-state index in [2.05, 4.69) is 20.3 Å². The smallest absolute Gasteiger partial charge is 0.306 e. The first-order chi connectivity index (χ1) is 13.4. The summed E-state index contributed by atoms with van der Waals surface area (Å²) in [5.74, 6) is 2.24. The highest BCUT2D eigenvalue weighted by Gasteiger charge is 2.54. The predicted octanol–water partition coefficient (Wildman–Crippen LogP) is 1.19. The zero-order valence-corrected chi connectivity index (χ0v) is 16.0. The van der Waals surface area contributed by atoms with E-state index >= 15 is 0 Å². The zero-order valence-electron chi connectivity index (χ0n) is 16.0. The number of hydrogen-bond donors (Lipinski definition) is 3. The minimum absolute atomic E-state index is 0.00839. The lowest BCUT2D eigenvalue weighted by molar-refractivity contribution is -0.147. The first-order valence-electron chi connectivity index (χ1n) is 10.1. The monoisotopic (exact) mass is 388 g/mol. The van der Waals surface area contributed by atoms with Crippen LogP contribution in [0, 0.1) is 23.2 Å². The number of nitrogens with zero attached hydrogens (tertiary/aromatic N) is 3. The highest BCUT2D eigenvalue weighted by molar-refractivity contribution is 5.83. The van der Waals surface area contributed by atoms with E-state index in [4.69, 9.17) is 16.2 Å². The van der Waals surface area contributed by atoms with Gasteiger partial charge in [-0.3, -0.25) is 9.59 Å². The molecule has 4 saturated carbocycles. The van der Waals surface area contributed by atoms with E-state index in [-0.39, 0.29) is 48.0 Å². The molecule has 1 aromatic heterocycles. The largest absolute Gasteiger partial charge is 0.457 e. The first kappa shape index (κ1) is 18.9. The van der Waals surface area contributed by atoms with Crippen molar-refractivity contribution in [2.45, 2.75) is 58.0 Å². The number of anilines is 2. The summed E-state index contributed by atoms with van der Waals surface area (Å²) in [5, 5.41) is 3.07. The van der Waals surface area contributed by atoms with Gasteiger partial charge in [-0.2, -0.15) is 15.0 Å². The fourth-order valence-electron chi connectivity index (χ4n) is 5.75. The molecule has 9 heteroatoms. The summed E-state index contributed by atoms with van der Waals surface area (Å²) in [5.41, 5.74) is 10.8. The normalized spacial score (nSPS) is 30.2. The van der Waals surface area contributed by atoms with Crippen molar-refractivity contribution in [3.8, 4) is 0 Å². The van der Waals surface area contributed by atoms with Crippen LogP contribution in [0.25, 0.3) is 0 Å². The summed E-state index contributed by atoms with van der Waals surface area (Å²) >= 11 is 0. The third-order valence-electron chi connectivity index (χ3n) is 6.44. The van der Waals surface area contributed by atoms with Gasteiger partial charge in [0.2, 0.25) is 17.8 Å². The van der Waals surface area contributed by atoms with Crippen molar-refractivity contribution in [3.63, 3.8) is 0 Å². The lowest BCUT2D eigenvalue weighted by Crippen LogP contribution is -2.53. The number of aromatic nitrogens is 3. The highest BCUT2D eigenvalue weighted by Crippen LogP contribution is 2.60. The summed E-state index contributed by atoms with van der Waals surface area (Å²) in [6, 6.07) is 0. The summed E-state index contributed by atoms with van der Waals surface area (Å²) in [7, 11) is 0. The van der Waals surface area contributed by atoms with Crippen LogP contribution >= 0.6 is 0 Å². The van der Waals surface area contributed by atoms with Crippen LogP contribution < -0.4 is 16.8 Å². The standard InChI is InChI=1S/C19H28N6O3/c20-17-23-14(24-18(21)25-17)10-28-15(26)2-1-3-22-16(27)19-7-11-4-12(8-19)6-13(5-11)9-19/h11-13H,1-10H2,(H,22,27)(H4,20,21,23,24,25). The Labute approximate surface area is 164 Å². The first-order valence-corrected chi connectivity index (χ1v) is 10.1. The Morgan fingerprint density at radius 3 is 2.14 bits per heavy atom. The number of nitrogen functional groups attached to an aromatic ring is 2. The van der Waals surface area contributed by atoms with Gasteiger partial charge in [-0.25, -0.2) is 0 Å². The van der Waals surface area contributed by atoms with Crippen molar-refractivity contribution in [3.05, 3.63) is 5.82 Å². The van der Waals surface area contributed by atoms with Crippen LogP contribution in [0.5, 0.6) is 0 Å². The number of esters is 1. The molecule has 0 unspecified atom stereocenters. The van der Waals surface area contributed by atoms with Gasteiger partial charge in [0.05, 0.1) is 0 Å². The Morgan fingerprint density at radius 2 is 1.57 bits per heavy atom. The highest BCUT2D eigenvalue weighted by atomic mass is 16.5. The molecule has 1 aromatic rings. The SMILES string of the molecule is Nc1nc(N)nc(COC(=O)CCCNC(=O)C23CC4CC(CC(C4)C2)C3)n1. The lowest BCUT2D eigenvalue weighted by Gasteiger charge is -2.55. The number of nitrogens with one attached hydrogen (secondary N) is 1. The second-order valence-corrected chi connectivity index (χ2v) is 8.69. The maximum absolute atomic E-state index is 12.8. The van der Waals surface area contributed by atoms with E-state index in [1.165, 1.54) is 19.3 Å². The molecule has 0 saturated heterocycles. The molecule has 5 N–H and O–H groups in total. The van der Waals surface area contributed by atoms with Crippen molar-refractivity contribution in [2.24, 2.45) is 23.2 Å². The van der Waals surface area contributed by atoms with E-state index < -0.39 is 0 Å². The minimum atomic E-state index is -0.374. The zero-order chi connectivity index (χ0) is 19.7. The van der Waals surface area contributed by atoms with Gasteiger partial charge in [0.1, 0.15) is 0 Å². The maximum atomic E-state index is 12.8. The second kappa shape index (κ2) is 7.52. The van der Waals surface area contributed by atoms with Crippen molar-refractivity contribution < 1.29 is 14.3 Å². The van der Waals surface area contributed by atoms with Crippen LogP contribution in [-0.4, -0.2) is 33.4 Å². The van der Waals surface area contributed by atoms with Gasteiger partial charge in [0, 0.05) is 18.4 Å². The van der Waals surface area contributed by atoms with Gasteiger partial charge in [-0.05, 0) is 62.7 Å². The number of carbonyl (C=O) groups excluding carboxylic acids is 2. The van der Waals surface area contributed by atoms with Gasteiger partial charge in [-0.1, -0.05) is 0 Å². The van der Waals surface area contributed by atoms with Crippen molar-refractivity contribution in [1.29, 1.82) is 0 Å². The number of hydrogen-bond acceptors (Lipinski definition) is 8. The molecule has 0 aliphatic heterocycles. The van der Waals surface area contributed by atoms with E-state index in [1.54, 1.807) is 0 Å². The van der Waals surface area contributed by atoms with Crippen LogP contribution in [0.3, 0.4) is 0 Å². The topological polar surface area (TPSA) is 146 Å². The molecule has 0 spiro atoms. The molecule has 0 atom stereocenters. The Kier molecular flexibility index (Phi) is 5.07. The number of amides is 1. The van der Waals surface area contributed by atoms with Gasteiger partial charge in [0.15, 0.2) is 12.4 Å². The molecule has 1 amide bonds. The Balaban J connectivity index is 1.17. The molecule has 1 heterocycles. The summed E-state index contributed by atoms with van der Waals surface area (Å²) in [6.07, 6.45) is 7.85. The molecule has 4 aliphatic rings. The van der Waals surface area contributed by atoms with Gasteiger partial charge in [0.25, 0.3) is 0 Å². The Hall–Kier alpha value is -2.45. The Morgan fingerprint density at radius 1 is 1.00 bits per heavy atom. The fourth-order valence-corrected chi connectivity index (χ4v) is 5.75. The third kappa shape index (κ3) is 4.02. The minimum Gasteiger partial charge on any atom is -0.457 e. The molecule has 4 bridgehead atoms. The van der Waals surface area contributed by atoms with Crippen LogP contribution in [0.1, 0.15) is 57.2 Å². The van der Waals surface area contributed by atoms with Crippen LogP contribution in [0.15, 0.2) is 0 Å². The van der Waals surface area contributed by atoms with E-state index in [9.17, 15) is 9.59 Å². The number of carbonyl (C=O) groups is 2. The van der Waals surface area contributed by atoms with Crippen molar-refractivity contribution in [2.75, 3.05) is 18.0 Å². The predicted molar refractivity (Wildman–Crippen MR) is 101 cm³/mol. The molecule has 9 nitrogen and oxygen atoms in total. The molecule has 5 rings (SSSR count). The van der Waals surface area contributed by atoms with Crippen LogP contribution in [-0.2, 0) is 20.9 Å². The molecule has 28 heavy (non-hydrogen) atoms. The fraction of sp³-hybridized carbons (Fsp3) is 0.737. The quantitative estimate of drug-likeness (QED) is 0.466. The van der Waals surface area contributed by atoms with Crippen molar-refractivity contribution >= 4 is 23.8 Å². The second-order valence-electron chi connectivity index (χ2n) is 8.69. The summed E-state index contributed by atoms with van der Waals surface area (Å²) in [4.78, 5) is 36.1. The maximum Gasteiger partial charge on any atom is 0.306 e. The molecule has 152 valence electrons. The molecular formula is C19H28N6O3. The van der Waals surface area contributed by atoms with E-state index in [0.29, 0.717) is 13.0 Å². The van der Waals surface area contributed by atoms with E-state index in [1.807, 2.05) is 0 Å². The molecule has 0 radical (unpaired) electrons. The lowest BCUT2D eigenvalue weighted by atomic mass is 9.49. The van der Waals surface area contributed by atoms with Gasteiger partial charge in [-0.15, -0.1) is 0 Å². The number of rotatable bonds is 7. The molecule has 0 aromatic carbocycles. The van der Waals surface area contributed by atoms with Crippen molar-refractivity contribution in [1.82, 2.24) is 20.3 Å². The number of nitrogens with two attached hydrogens (primary N) is 2. The average Bonchev–Trinajstić information content (AvgIpc) is 2.61. The van der Waals surface area contributed by atoms with E-state index in [0.717, 1.165) is 37.0 Å².